The smallest absolute Gasteiger partial charge is 0.272 e. The third kappa shape index (κ3) is 4.81. The molecule has 1 aromatic rings. The molecule has 2 amide bonds. The number of amides is 2. The molecular formula is C17H28N4O2. The number of rotatable bonds is 4. The van der Waals surface area contributed by atoms with Crippen molar-refractivity contribution in [3.8, 4) is 0 Å². The average molecular weight is 320 g/mol. The van der Waals surface area contributed by atoms with Crippen LogP contribution in [0, 0.1) is 0 Å². The summed E-state index contributed by atoms with van der Waals surface area (Å²) in [7, 11) is 0. The van der Waals surface area contributed by atoms with Gasteiger partial charge in [0.1, 0.15) is 5.69 Å². The van der Waals surface area contributed by atoms with Gasteiger partial charge in [-0.05, 0) is 60.5 Å². The summed E-state index contributed by atoms with van der Waals surface area (Å²) in [5.74, 6) is -0.00468. The first-order valence-corrected chi connectivity index (χ1v) is 8.17. The van der Waals surface area contributed by atoms with E-state index in [4.69, 9.17) is 0 Å². The summed E-state index contributed by atoms with van der Waals surface area (Å²) in [6, 6.07) is 1.86. The molecule has 1 saturated carbocycles. The number of hydrogen-bond acceptors (Lipinski definition) is 3. The van der Waals surface area contributed by atoms with Crippen molar-refractivity contribution in [2.75, 3.05) is 6.54 Å². The van der Waals surface area contributed by atoms with Crippen molar-refractivity contribution >= 4 is 11.8 Å². The number of aromatic nitrogens is 2. The molecule has 1 aliphatic carbocycles. The molecule has 2 N–H and O–H groups in total. The minimum atomic E-state index is -0.311. The molecule has 1 aromatic heterocycles. The van der Waals surface area contributed by atoms with Gasteiger partial charge in [0, 0.05) is 17.2 Å². The van der Waals surface area contributed by atoms with Crippen molar-refractivity contribution in [2.45, 2.75) is 71.4 Å². The molecule has 6 heteroatoms. The van der Waals surface area contributed by atoms with Gasteiger partial charge in [0.15, 0.2) is 0 Å². The van der Waals surface area contributed by atoms with E-state index in [0.29, 0.717) is 11.6 Å². The van der Waals surface area contributed by atoms with Crippen LogP contribution >= 0.6 is 0 Å². The van der Waals surface area contributed by atoms with Gasteiger partial charge in [-0.15, -0.1) is 0 Å². The summed E-state index contributed by atoms with van der Waals surface area (Å²) in [5, 5.41) is 9.93. The number of carbonyl (C=O) groups excluding carboxylic acids is 2. The maximum Gasteiger partial charge on any atom is 0.272 e. The topological polar surface area (TPSA) is 76.0 Å². The molecule has 1 heterocycles. The maximum atomic E-state index is 12.3. The van der Waals surface area contributed by atoms with Crippen molar-refractivity contribution in [3.05, 3.63) is 17.5 Å². The maximum absolute atomic E-state index is 12.3. The highest BCUT2D eigenvalue weighted by molar-refractivity contribution is 5.95. The Balaban J connectivity index is 2.04. The Hall–Kier alpha value is -1.85. The molecular weight excluding hydrogens is 292 g/mol. The standard InChI is InChI=1S/C17H28N4O2/c1-16(2,3)19-14(22)10-18-15(23)12-9-13(11-7-8-11)21(20-12)17(4,5)6/h9,11H,7-8,10H2,1-6H3,(H,18,23)(H,19,22). The molecule has 2 rings (SSSR count). The van der Waals surface area contributed by atoms with Gasteiger partial charge in [-0.25, -0.2) is 0 Å². The lowest BCUT2D eigenvalue weighted by Gasteiger charge is -2.22. The van der Waals surface area contributed by atoms with Gasteiger partial charge in [-0.3, -0.25) is 14.3 Å². The second kappa shape index (κ2) is 5.98. The molecule has 0 aromatic carbocycles. The molecule has 0 saturated heterocycles. The van der Waals surface area contributed by atoms with Crippen molar-refractivity contribution in [1.29, 1.82) is 0 Å². The Morgan fingerprint density at radius 1 is 1.22 bits per heavy atom. The SMILES string of the molecule is CC(C)(C)NC(=O)CNC(=O)c1cc(C2CC2)n(C(C)(C)C)n1. The minimum Gasteiger partial charge on any atom is -0.350 e. The first-order chi connectivity index (χ1) is 10.5. The number of nitrogens with one attached hydrogen (secondary N) is 2. The van der Waals surface area contributed by atoms with Crippen LogP contribution in [0.1, 0.15) is 76.5 Å². The van der Waals surface area contributed by atoms with Crippen molar-refractivity contribution in [2.24, 2.45) is 0 Å². The van der Waals surface area contributed by atoms with Crippen LogP contribution in [-0.4, -0.2) is 33.7 Å². The second-order valence-corrected chi connectivity index (χ2v) is 8.29. The fourth-order valence-electron chi connectivity index (χ4n) is 2.43. The zero-order chi connectivity index (χ0) is 17.4. The Morgan fingerprint density at radius 2 is 1.83 bits per heavy atom. The van der Waals surface area contributed by atoms with Gasteiger partial charge in [-0.1, -0.05) is 0 Å². The third-order valence-electron chi connectivity index (χ3n) is 3.52. The van der Waals surface area contributed by atoms with Crippen LogP contribution in [0.5, 0.6) is 0 Å². The minimum absolute atomic E-state index is 0.0444. The summed E-state index contributed by atoms with van der Waals surface area (Å²) in [4.78, 5) is 24.1. The van der Waals surface area contributed by atoms with E-state index in [-0.39, 0.29) is 29.4 Å². The lowest BCUT2D eigenvalue weighted by Crippen LogP contribution is -2.45. The highest BCUT2D eigenvalue weighted by Gasteiger charge is 2.32. The molecule has 0 atom stereocenters. The Bertz CT molecular complexity index is 601. The van der Waals surface area contributed by atoms with Gasteiger partial charge in [-0.2, -0.15) is 5.10 Å². The summed E-state index contributed by atoms with van der Waals surface area (Å²) >= 11 is 0. The van der Waals surface area contributed by atoms with E-state index < -0.39 is 0 Å². The molecule has 23 heavy (non-hydrogen) atoms. The fraction of sp³-hybridized carbons (Fsp3) is 0.706. The summed E-state index contributed by atoms with van der Waals surface area (Å²) in [5.41, 5.74) is 1.02. The van der Waals surface area contributed by atoms with Crippen LogP contribution in [-0.2, 0) is 10.3 Å². The lowest BCUT2D eigenvalue weighted by molar-refractivity contribution is -0.121. The number of nitrogens with zero attached hydrogens (tertiary/aromatic N) is 2. The molecule has 1 fully saturated rings. The van der Waals surface area contributed by atoms with Crippen LogP contribution in [0.2, 0.25) is 0 Å². The molecule has 0 radical (unpaired) electrons. The number of carbonyl (C=O) groups is 2. The van der Waals surface area contributed by atoms with Crippen molar-refractivity contribution in [1.82, 2.24) is 20.4 Å². The van der Waals surface area contributed by atoms with E-state index >= 15 is 0 Å². The van der Waals surface area contributed by atoms with Gasteiger partial charge in [0.25, 0.3) is 5.91 Å². The average Bonchev–Trinajstić information content (AvgIpc) is 3.11. The molecule has 0 spiro atoms. The number of hydrogen-bond donors (Lipinski definition) is 2. The second-order valence-electron chi connectivity index (χ2n) is 8.29. The molecule has 6 nitrogen and oxygen atoms in total. The van der Waals surface area contributed by atoms with Crippen LogP contribution in [0.4, 0.5) is 0 Å². The van der Waals surface area contributed by atoms with Gasteiger partial charge in [0.2, 0.25) is 5.91 Å². The first kappa shape index (κ1) is 17.5. The first-order valence-electron chi connectivity index (χ1n) is 8.17. The molecule has 0 aliphatic heterocycles. The van der Waals surface area contributed by atoms with E-state index in [9.17, 15) is 9.59 Å². The van der Waals surface area contributed by atoms with Gasteiger partial charge >= 0.3 is 0 Å². The summed E-state index contributed by atoms with van der Waals surface area (Å²) in [6.07, 6.45) is 2.30. The quantitative estimate of drug-likeness (QED) is 0.892. The fourth-order valence-corrected chi connectivity index (χ4v) is 2.43. The lowest BCUT2D eigenvalue weighted by atomic mass is 10.1. The van der Waals surface area contributed by atoms with E-state index in [1.165, 1.54) is 0 Å². The van der Waals surface area contributed by atoms with E-state index in [1.54, 1.807) is 0 Å². The monoisotopic (exact) mass is 320 g/mol. The normalized spacial score (nSPS) is 15.4. The van der Waals surface area contributed by atoms with E-state index in [1.807, 2.05) is 31.5 Å². The van der Waals surface area contributed by atoms with E-state index in [0.717, 1.165) is 18.5 Å². The summed E-state index contributed by atoms with van der Waals surface area (Å²) < 4.78 is 1.94. The summed E-state index contributed by atoms with van der Waals surface area (Å²) in [6.45, 7) is 11.9. The molecule has 128 valence electrons. The zero-order valence-corrected chi connectivity index (χ0v) is 15.0. The van der Waals surface area contributed by atoms with Gasteiger partial charge in [0.05, 0.1) is 12.1 Å². The molecule has 1 aliphatic rings. The predicted molar refractivity (Wildman–Crippen MR) is 89.4 cm³/mol. The largest absolute Gasteiger partial charge is 0.350 e. The van der Waals surface area contributed by atoms with Crippen molar-refractivity contribution < 1.29 is 9.59 Å². The molecule has 0 bridgehead atoms. The molecule has 0 unspecified atom stereocenters. The van der Waals surface area contributed by atoms with Crippen LogP contribution in [0.25, 0.3) is 0 Å². The highest BCUT2D eigenvalue weighted by Crippen LogP contribution is 2.41. The van der Waals surface area contributed by atoms with Gasteiger partial charge < -0.3 is 10.6 Å². The van der Waals surface area contributed by atoms with E-state index in [2.05, 4.69) is 36.5 Å². The van der Waals surface area contributed by atoms with Crippen molar-refractivity contribution in [3.63, 3.8) is 0 Å². The van der Waals surface area contributed by atoms with Crippen LogP contribution < -0.4 is 10.6 Å². The van der Waals surface area contributed by atoms with Crippen LogP contribution in [0.15, 0.2) is 6.07 Å². The predicted octanol–water partition coefficient (Wildman–Crippen LogP) is 2.16. The Kier molecular flexibility index (Phi) is 4.55. The Labute approximate surface area is 138 Å². The highest BCUT2D eigenvalue weighted by atomic mass is 16.2. The zero-order valence-electron chi connectivity index (χ0n) is 15.0. The Morgan fingerprint density at radius 3 is 2.30 bits per heavy atom. The third-order valence-corrected chi connectivity index (χ3v) is 3.52. The van der Waals surface area contributed by atoms with Crippen LogP contribution in [0.3, 0.4) is 0 Å².